The summed E-state index contributed by atoms with van der Waals surface area (Å²) in [6.45, 7) is 1.93. The quantitative estimate of drug-likeness (QED) is 0.643. The molecule has 1 aromatic carbocycles. The normalized spacial score (nSPS) is 13.4. The van der Waals surface area contributed by atoms with Crippen molar-refractivity contribution >= 4 is 35.1 Å². The lowest BCUT2D eigenvalue weighted by Gasteiger charge is -2.09. The van der Waals surface area contributed by atoms with Gasteiger partial charge in [0.15, 0.2) is 11.5 Å². The molecule has 3 heterocycles. The smallest absolute Gasteiger partial charge is 0.277 e. The lowest BCUT2D eigenvalue weighted by molar-refractivity contribution is -0.115. The van der Waals surface area contributed by atoms with Crippen molar-refractivity contribution in [3.63, 3.8) is 0 Å². The zero-order valence-electron chi connectivity index (χ0n) is 14.0. The highest BCUT2D eigenvalue weighted by molar-refractivity contribution is 8.00. The molecule has 0 saturated carbocycles. The van der Waals surface area contributed by atoms with E-state index in [-0.39, 0.29) is 17.9 Å². The van der Waals surface area contributed by atoms with Crippen LogP contribution in [0.4, 0.5) is 5.82 Å². The Kier molecular flexibility index (Phi) is 4.87. The van der Waals surface area contributed by atoms with Gasteiger partial charge < -0.3 is 19.2 Å². The molecule has 1 amide bonds. The number of amides is 1. The van der Waals surface area contributed by atoms with Crippen LogP contribution in [0.15, 0.2) is 46.2 Å². The Balaban J connectivity index is 1.41. The van der Waals surface area contributed by atoms with E-state index in [0.29, 0.717) is 33.8 Å². The molecule has 0 spiro atoms. The van der Waals surface area contributed by atoms with Crippen molar-refractivity contribution in [1.29, 1.82) is 0 Å². The third kappa shape index (κ3) is 3.99. The van der Waals surface area contributed by atoms with E-state index in [9.17, 15) is 4.79 Å². The van der Waals surface area contributed by atoms with Crippen LogP contribution in [-0.4, -0.2) is 33.1 Å². The number of rotatable bonds is 5. The minimum atomic E-state index is -0.465. The Labute approximate surface area is 163 Å². The first-order valence-electron chi connectivity index (χ1n) is 7.91. The van der Waals surface area contributed by atoms with Gasteiger partial charge in [0.05, 0.1) is 10.3 Å². The van der Waals surface area contributed by atoms with Crippen LogP contribution in [-0.2, 0) is 4.79 Å². The van der Waals surface area contributed by atoms with Crippen molar-refractivity contribution in [3.8, 4) is 23.0 Å². The van der Waals surface area contributed by atoms with Gasteiger partial charge in [-0.05, 0) is 37.3 Å². The standard InChI is InChI=1S/C17H13ClN4O4S/c1-9(15(23)20-14-5-3-11(18)7-19-14)27-17-22-21-16(26-17)10-2-4-12-13(6-10)25-8-24-12/h2-7,9H,8H2,1H3,(H,19,20,23)/t9-/m0/s1. The minimum absolute atomic E-state index is 0.193. The van der Waals surface area contributed by atoms with Crippen molar-refractivity contribution in [3.05, 3.63) is 41.6 Å². The van der Waals surface area contributed by atoms with E-state index < -0.39 is 5.25 Å². The zero-order chi connectivity index (χ0) is 18.8. The highest BCUT2D eigenvalue weighted by Crippen LogP contribution is 2.36. The van der Waals surface area contributed by atoms with Crippen LogP contribution in [0.25, 0.3) is 11.5 Å². The second-order valence-electron chi connectivity index (χ2n) is 5.55. The molecule has 4 rings (SSSR count). The van der Waals surface area contributed by atoms with Gasteiger partial charge in [0.25, 0.3) is 5.22 Å². The second-order valence-corrected chi connectivity index (χ2v) is 7.28. The molecule has 0 fully saturated rings. The molecule has 10 heteroatoms. The van der Waals surface area contributed by atoms with E-state index in [1.54, 1.807) is 37.3 Å². The average Bonchev–Trinajstić information content (AvgIpc) is 3.32. The summed E-state index contributed by atoms with van der Waals surface area (Å²) in [4.78, 5) is 16.3. The maximum Gasteiger partial charge on any atom is 0.277 e. The first-order chi connectivity index (χ1) is 13.1. The molecule has 0 bridgehead atoms. The van der Waals surface area contributed by atoms with E-state index >= 15 is 0 Å². The maximum absolute atomic E-state index is 12.3. The number of hydrogen-bond donors (Lipinski definition) is 1. The molecule has 8 nitrogen and oxygen atoms in total. The predicted molar refractivity (Wildman–Crippen MR) is 99.1 cm³/mol. The van der Waals surface area contributed by atoms with Gasteiger partial charge in [0.1, 0.15) is 5.82 Å². The molecule has 138 valence electrons. The largest absolute Gasteiger partial charge is 0.454 e. The molecule has 0 aliphatic carbocycles. The second kappa shape index (κ2) is 7.45. The number of benzene rings is 1. The number of nitrogens with zero attached hydrogens (tertiary/aromatic N) is 3. The average molecular weight is 405 g/mol. The van der Waals surface area contributed by atoms with Crippen LogP contribution in [0, 0.1) is 0 Å². The number of halogens is 1. The number of fused-ring (bicyclic) bond motifs is 1. The number of thioether (sulfide) groups is 1. The number of aromatic nitrogens is 3. The molecule has 0 unspecified atom stereocenters. The van der Waals surface area contributed by atoms with Gasteiger partial charge in [0.2, 0.25) is 18.6 Å². The van der Waals surface area contributed by atoms with Crippen molar-refractivity contribution in [2.24, 2.45) is 0 Å². The Morgan fingerprint density at radius 2 is 2.07 bits per heavy atom. The fraction of sp³-hybridized carbons (Fsp3) is 0.176. The summed E-state index contributed by atoms with van der Waals surface area (Å²) < 4.78 is 16.3. The van der Waals surface area contributed by atoms with E-state index in [4.69, 9.17) is 25.5 Å². The molecule has 2 aromatic heterocycles. The van der Waals surface area contributed by atoms with Crippen LogP contribution in [0.2, 0.25) is 5.02 Å². The van der Waals surface area contributed by atoms with Crippen molar-refractivity contribution in [2.45, 2.75) is 17.4 Å². The number of nitrogens with one attached hydrogen (secondary N) is 1. The number of hydrogen-bond acceptors (Lipinski definition) is 8. The fourth-order valence-electron chi connectivity index (χ4n) is 2.29. The summed E-state index contributed by atoms with van der Waals surface area (Å²) in [6, 6.07) is 8.63. The first-order valence-corrected chi connectivity index (χ1v) is 9.17. The summed E-state index contributed by atoms with van der Waals surface area (Å²) in [7, 11) is 0. The summed E-state index contributed by atoms with van der Waals surface area (Å²) in [5, 5.41) is 11.0. The van der Waals surface area contributed by atoms with E-state index in [1.807, 2.05) is 0 Å². The van der Waals surface area contributed by atoms with E-state index in [2.05, 4.69) is 20.5 Å². The van der Waals surface area contributed by atoms with Crippen LogP contribution in [0.1, 0.15) is 6.92 Å². The number of carbonyl (C=O) groups is 1. The summed E-state index contributed by atoms with van der Waals surface area (Å²) >= 11 is 6.93. The lowest BCUT2D eigenvalue weighted by Crippen LogP contribution is -2.22. The molecule has 1 aliphatic rings. The van der Waals surface area contributed by atoms with Gasteiger partial charge in [-0.25, -0.2) is 4.98 Å². The van der Waals surface area contributed by atoms with Crippen molar-refractivity contribution in [1.82, 2.24) is 15.2 Å². The highest BCUT2D eigenvalue weighted by Gasteiger charge is 2.20. The third-order valence-corrected chi connectivity index (χ3v) is 4.81. The monoisotopic (exact) mass is 404 g/mol. The number of carbonyl (C=O) groups excluding carboxylic acids is 1. The van der Waals surface area contributed by atoms with Gasteiger partial charge >= 0.3 is 0 Å². The van der Waals surface area contributed by atoms with Crippen LogP contribution in [0.5, 0.6) is 11.5 Å². The van der Waals surface area contributed by atoms with Gasteiger partial charge in [-0.15, -0.1) is 10.2 Å². The Morgan fingerprint density at radius 3 is 2.89 bits per heavy atom. The Morgan fingerprint density at radius 1 is 1.22 bits per heavy atom. The SMILES string of the molecule is C[C@H](Sc1nnc(-c2ccc3c(c2)OCO3)o1)C(=O)Nc1ccc(Cl)cn1. The first kappa shape index (κ1) is 17.6. The summed E-state index contributed by atoms with van der Waals surface area (Å²) in [5.74, 6) is 1.82. The molecule has 1 aliphatic heterocycles. The lowest BCUT2D eigenvalue weighted by atomic mass is 10.2. The molecule has 1 atom stereocenters. The van der Waals surface area contributed by atoms with Crippen molar-refractivity contribution in [2.75, 3.05) is 12.1 Å². The Bertz CT molecular complexity index is 979. The molecule has 1 N–H and O–H groups in total. The molecule has 3 aromatic rings. The molecule has 0 radical (unpaired) electrons. The minimum Gasteiger partial charge on any atom is -0.454 e. The van der Waals surface area contributed by atoms with Gasteiger partial charge in [-0.1, -0.05) is 23.4 Å². The Hall–Kier alpha value is -2.78. The van der Waals surface area contributed by atoms with E-state index in [1.165, 1.54) is 6.20 Å². The highest BCUT2D eigenvalue weighted by atomic mass is 35.5. The van der Waals surface area contributed by atoms with Crippen LogP contribution >= 0.6 is 23.4 Å². The number of ether oxygens (including phenoxy) is 2. The van der Waals surface area contributed by atoms with E-state index in [0.717, 1.165) is 11.8 Å². The maximum atomic E-state index is 12.3. The topological polar surface area (TPSA) is 99.4 Å². The number of pyridine rings is 1. The van der Waals surface area contributed by atoms with Gasteiger partial charge in [0, 0.05) is 11.8 Å². The fourth-order valence-corrected chi connectivity index (χ4v) is 3.08. The van der Waals surface area contributed by atoms with Crippen LogP contribution in [0.3, 0.4) is 0 Å². The molecular formula is C17H13ClN4O4S. The third-order valence-electron chi connectivity index (χ3n) is 3.65. The molecular weight excluding hydrogens is 392 g/mol. The van der Waals surface area contributed by atoms with Crippen LogP contribution < -0.4 is 14.8 Å². The molecule has 0 saturated heterocycles. The number of anilines is 1. The van der Waals surface area contributed by atoms with Gasteiger partial charge in [-0.3, -0.25) is 4.79 Å². The van der Waals surface area contributed by atoms with Gasteiger partial charge in [-0.2, -0.15) is 0 Å². The molecule has 27 heavy (non-hydrogen) atoms. The van der Waals surface area contributed by atoms with Crippen molar-refractivity contribution < 1.29 is 18.7 Å². The predicted octanol–water partition coefficient (Wildman–Crippen LogP) is 3.63. The summed E-state index contributed by atoms with van der Waals surface area (Å²) in [6.07, 6.45) is 1.46. The summed E-state index contributed by atoms with van der Waals surface area (Å²) in [5.41, 5.74) is 0.709. The zero-order valence-corrected chi connectivity index (χ0v) is 15.6.